The van der Waals surface area contributed by atoms with Gasteiger partial charge in [-0.25, -0.2) is 0 Å². The summed E-state index contributed by atoms with van der Waals surface area (Å²) in [5.41, 5.74) is 1.64. The second-order valence-electron chi connectivity index (χ2n) is 5.76. The molecule has 1 fully saturated rings. The first-order valence-corrected chi connectivity index (χ1v) is 8.14. The molecule has 21 heavy (non-hydrogen) atoms. The fourth-order valence-electron chi connectivity index (χ4n) is 2.67. The first-order valence-electron chi connectivity index (χ1n) is 7.35. The van der Waals surface area contributed by atoms with Crippen molar-refractivity contribution in [2.24, 2.45) is 5.92 Å². The van der Waals surface area contributed by atoms with Gasteiger partial charge >= 0.3 is 11.8 Å². The Labute approximate surface area is 133 Å². The van der Waals surface area contributed by atoms with Gasteiger partial charge in [0.15, 0.2) is 0 Å². The van der Waals surface area contributed by atoms with Crippen LogP contribution >= 0.6 is 15.9 Å². The van der Waals surface area contributed by atoms with Crippen molar-refractivity contribution in [2.75, 3.05) is 5.32 Å². The molecule has 2 rings (SSSR count). The number of hydrogen-bond acceptors (Lipinski definition) is 2. The molecule has 0 saturated heterocycles. The Morgan fingerprint density at radius 3 is 2.57 bits per heavy atom. The van der Waals surface area contributed by atoms with Gasteiger partial charge in [0.25, 0.3) is 0 Å². The van der Waals surface area contributed by atoms with Crippen molar-refractivity contribution in [3.05, 3.63) is 28.2 Å². The summed E-state index contributed by atoms with van der Waals surface area (Å²) in [6.07, 6.45) is 4.39. The fourth-order valence-corrected chi connectivity index (χ4v) is 2.92. The Kier molecular flexibility index (Phi) is 5.39. The molecular weight excluding hydrogens is 332 g/mol. The first kappa shape index (κ1) is 16.0. The third-order valence-corrected chi connectivity index (χ3v) is 4.94. The molecule has 0 heterocycles. The third-order valence-electron chi connectivity index (χ3n) is 4.05. The van der Waals surface area contributed by atoms with Crippen LogP contribution in [0.25, 0.3) is 0 Å². The lowest BCUT2D eigenvalue weighted by atomic mass is 9.86. The summed E-state index contributed by atoms with van der Waals surface area (Å²) in [4.78, 5) is 23.9. The highest BCUT2D eigenvalue weighted by Gasteiger charge is 2.25. The zero-order valence-electron chi connectivity index (χ0n) is 12.4. The third kappa shape index (κ3) is 4.30. The Hall–Kier alpha value is -1.36. The number of anilines is 1. The molecule has 114 valence electrons. The van der Waals surface area contributed by atoms with Crippen LogP contribution in [-0.4, -0.2) is 17.9 Å². The molecule has 5 heteroatoms. The number of rotatable bonds is 2. The summed E-state index contributed by atoms with van der Waals surface area (Å²) in [7, 11) is 0. The molecule has 0 aliphatic heterocycles. The molecule has 1 saturated carbocycles. The number of aryl methyl sites for hydroxylation is 1. The van der Waals surface area contributed by atoms with E-state index < -0.39 is 11.8 Å². The Morgan fingerprint density at radius 2 is 1.90 bits per heavy atom. The maximum atomic E-state index is 12.0. The van der Waals surface area contributed by atoms with Crippen LogP contribution in [-0.2, 0) is 9.59 Å². The quantitative estimate of drug-likeness (QED) is 0.801. The maximum Gasteiger partial charge on any atom is 0.313 e. The number of amides is 2. The van der Waals surface area contributed by atoms with Gasteiger partial charge in [-0.15, -0.1) is 0 Å². The van der Waals surface area contributed by atoms with Crippen molar-refractivity contribution >= 4 is 33.4 Å². The molecule has 0 aromatic heterocycles. The van der Waals surface area contributed by atoms with E-state index in [1.165, 1.54) is 6.42 Å². The van der Waals surface area contributed by atoms with Crippen molar-refractivity contribution < 1.29 is 9.59 Å². The highest BCUT2D eigenvalue weighted by atomic mass is 79.9. The van der Waals surface area contributed by atoms with Crippen LogP contribution in [0.3, 0.4) is 0 Å². The van der Waals surface area contributed by atoms with E-state index in [0.717, 1.165) is 29.3 Å². The van der Waals surface area contributed by atoms with Crippen LogP contribution in [0, 0.1) is 12.8 Å². The lowest BCUT2D eigenvalue weighted by Gasteiger charge is -2.29. The predicted molar refractivity (Wildman–Crippen MR) is 87.1 cm³/mol. The molecule has 4 nitrogen and oxygen atoms in total. The minimum atomic E-state index is -0.602. The molecule has 2 N–H and O–H groups in total. The average Bonchev–Trinajstić information content (AvgIpc) is 2.45. The van der Waals surface area contributed by atoms with Gasteiger partial charge in [-0.3, -0.25) is 9.59 Å². The molecule has 1 aliphatic rings. The maximum absolute atomic E-state index is 12.0. The van der Waals surface area contributed by atoms with Crippen LogP contribution in [0.2, 0.25) is 0 Å². The highest BCUT2D eigenvalue weighted by molar-refractivity contribution is 9.10. The molecule has 1 aromatic carbocycles. The summed E-state index contributed by atoms with van der Waals surface area (Å²) in [6, 6.07) is 5.57. The topological polar surface area (TPSA) is 58.2 Å². The van der Waals surface area contributed by atoms with Gasteiger partial charge in [-0.05, 0) is 49.4 Å². The molecule has 0 bridgehead atoms. The number of carbonyl (C=O) groups is 2. The van der Waals surface area contributed by atoms with E-state index >= 15 is 0 Å². The molecule has 0 radical (unpaired) electrons. The fraction of sp³-hybridized carbons (Fsp3) is 0.500. The SMILES string of the molecule is Cc1cc(NC(=O)C(=O)N[C@@H]2CCCC[C@@H]2C)ccc1Br. The second-order valence-corrected chi connectivity index (χ2v) is 6.61. The largest absolute Gasteiger partial charge is 0.345 e. The van der Waals surface area contributed by atoms with Crippen LogP contribution < -0.4 is 10.6 Å². The number of halogens is 1. The minimum absolute atomic E-state index is 0.114. The van der Waals surface area contributed by atoms with Crippen molar-refractivity contribution in [3.8, 4) is 0 Å². The minimum Gasteiger partial charge on any atom is -0.345 e. The van der Waals surface area contributed by atoms with Gasteiger partial charge in [-0.1, -0.05) is 35.7 Å². The number of hydrogen-bond donors (Lipinski definition) is 2. The second kappa shape index (κ2) is 7.07. The molecule has 0 spiro atoms. The van der Waals surface area contributed by atoms with E-state index in [4.69, 9.17) is 0 Å². The van der Waals surface area contributed by atoms with Gasteiger partial charge < -0.3 is 10.6 Å². The zero-order chi connectivity index (χ0) is 15.4. The average molecular weight is 353 g/mol. The monoisotopic (exact) mass is 352 g/mol. The molecule has 2 atom stereocenters. The van der Waals surface area contributed by atoms with E-state index in [9.17, 15) is 9.59 Å². The molecule has 1 aliphatic carbocycles. The van der Waals surface area contributed by atoms with Gasteiger partial charge in [0.1, 0.15) is 0 Å². The summed E-state index contributed by atoms with van der Waals surface area (Å²) in [5, 5.41) is 5.50. The Morgan fingerprint density at radius 1 is 1.19 bits per heavy atom. The van der Waals surface area contributed by atoms with Gasteiger partial charge in [0.05, 0.1) is 0 Å². The van der Waals surface area contributed by atoms with Crippen LogP contribution in [0.4, 0.5) is 5.69 Å². The smallest absolute Gasteiger partial charge is 0.313 e. The summed E-state index contributed by atoms with van der Waals surface area (Å²) < 4.78 is 0.973. The van der Waals surface area contributed by atoms with E-state index in [2.05, 4.69) is 33.5 Å². The van der Waals surface area contributed by atoms with Crippen molar-refractivity contribution in [3.63, 3.8) is 0 Å². The van der Waals surface area contributed by atoms with E-state index in [1.54, 1.807) is 6.07 Å². The Bertz CT molecular complexity index is 545. The first-order chi connectivity index (χ1) is 9.97. The van der Waals surface area contributed by atoms with Crippen LogP contribution in [0.5, 0.6) is 0 Å². The normalized spacial score (nSPS) is 21.7. The molecule has 2 amide bonds. The number of benzene rings is 1. The lowest BCUT2D eigenvalue weighted by molar-refractivity contribution is -0.137. The van der Waals surface area contributed by atoms with Crippen molar-refractivity contribution in [1.29, 1.82) is 0 Å². The summed E-state index contributed by atoms with van der Waals surface area (Å²) in [5.74, 6) is -0.714. The van der Waals surface area contributed by atoms with E-state index in [0.29, 0.717) is 11.6 Å². The molecular formula is C16H21BrN2O2. The Balaban J connectivity index is 1.93. The number of nitrogens with one attached hydrogen (secondary N) is 2. The van der Waals surface area contributed by atoms with E-state index in [-0.39, 0.29) is 6.04 Å². The highest BCUT2D eigenvalue weighted by Crippen LogP contribution is 2.24. The standard InChI is InChI=1S/C16H21BrN2O2/c1-10-5-3-4-6-14(10)19-16(21)15(20)18-12-7-8-13(17)11(2)9-12/h7-10,14H,3-6H2,1-2H3,(H,18,20)(H,19,21)/t10-,14+/m0/s1. The summed E-state index contributed by atoms with van der Waals surface area (Å²) >= 11 is 3.40. The van der Waals surface area contributed by atoms with E-state index in [1.807, 2.05) is 19.1 Å². The van der Waals surface area contributed by atoms with Crippen molar-refractivity contribution in [2.45, 2.75) is 45.6 Å². The summed E-state index contributed by atoms with van der Waals surface area (Å²) in [6.45, 7) is 4.06. The lowest BCUT2D eigenvalue weighted by Crippen LogP contribution is -2.45. The van der Waals surface area contributed by atoms with Crippen molar-refractivity contribution in [1.82, 2.24) is 5.32 Å². The van der Waals surface area contributed by atoms with Gasteiger partial charge in [0.2, 0.25) is 0 Å². The van der Waals surface area contributed by atoms with Crippen LogP contribution in [0.15, 0.2) is 22.7 Å². The predicted octanol–water partition coefficient (Wildman–Crippen LogP) is 3.39. The van der Waals surface area contributed by atoms with Crippen LogP contribution in [0.1, 0.15) is 38.2 Å². The zero-order valence-corrected chi connectivity index (χ0v) is 14.0. The van der Waals surface area contributed by atoms with Gasteiger partial charge in [-0.2, -0.15) is 0 Å². The van der Waals surface area contributed by atoms with Gasteiger partial charge in [0, 0.05) is 16.2 Å². The molecule has 1 aromatic rings. The molecule has 0 unspecified atom stereocenters. The number of carbonyl (C=O) groups excluding carboxylic acids is 2.